The smallest absolute Gasteiger partial charge is 0.220 e. The Morgan fingerprint density at radius 2 is 2.09 bits per heavy atom. The zero-order valence-corrected chi connectivity index (χ0v) is 14.0. The zero-order chi connectivity index (χ0) is 16.5. The van der Waals surface area contributed by atoms with E-state index in [9.17, 15) is 14.7 Å². The molecule has 0 aliphatic heterocycles. The van der Waals surface area contributed by atoms with Crippen molar-refractivity contribution in [2.45, 2.75) is 38.8 Å². The summed E-state index contributed by atoms with van der Waals surface area (Å²) in [6, 6.07) is 4.24. The second-order valence-electron chi connectivity index (χ2n) is 6.06. The van der Waals surface area contributed by atoms with Gasteiger partial charge in [-0.15, -0.1) is 11.6 Å². The van der Waals surface area contributed by atoms with E-state index >= 15 is 0 Å². The van der Waals surface area contributed by atoms with E-state index in [4.69, 9.17) is 23.2 Å². The van der Waals surface area contributed by atoms with Gasteiger partial charge in [-0.25, -0.2) is 0 Å². The van der Waals surface area contributed by atoms with Gasteiger partial charge in [0.15, 0.2) is 5.78 Å². The Kier molecular flexibility index (Phi) is 5.15. The Balaban J connectivity index is 2.39. The third-order valence-electron chi connectivity index (χ3n) is 4.09. The molecule has 2 N–H and O–H groups in total. The summed E-state index contributed by atoms with van der Waals surface area (Å²) in [5.41, 5.74) is 0.0662. The molecule has 0 heterocycles. The third-order valence-corrected chi connectivity index (χ3v) is 4.59. The molecule has 0 bridgehead atoms. The Morgan fingerprint density at radius 3 is 2.73 bits per heavy atom. The number of hydrogen-bond acceptors (Lipinski definition) is 3. The molecule has 0 saturated heterocycles. The number of nitrogens with one attached hydrogen (secondary N) is 1. The normalized spacial score (nSPS) is 23.0. The molecule has 1 amide bonds. The number of ketones is 1. The number of aliphatic hydroxyl groups excluding tert-OH is 1. The largest absolute Gasteiger partial charge is 0.390 e. The number of amides is 1. The van der Waals surface area contributed by atoms with Gasteiger partial charge >= 0.3 is 0 Å². The summed E-state index contributed by atoms with van der Waals surface area (Å²) in [6.07, 6.45) is -0.191. The summed E-state index contributed by atoms with van der Waals surface area (Å²) in [7, 11) is 0. The maximum Gasteiger partial charge on any atom is 0.220 e. The number of hydrogen-bond donors (Lipinski definition) is 2. The van der Waals surface area contributed by atoms with Crippen molar-refractivity contribution < 1.29 is 14.7 Å². The first-order valence-electron chi connectivity index (χ1n) is 7.16. The molecule has 1 aliphatic rings. The number of benzene rings is 1. The van der Waals surface area contributed by atoms with Gasteiger partial charge in [0.25, 0.3) is 0 Å². The highest BCUT2D eigenvalue weighted by Gasteiger charge is 2.47. The van der Waals surface area contributed by atoms with Crippen LogP contribution in [0.1, 0.15) is 48.7 Å². The van der Waals surface area contributed by atoms with Crippen LogP contribution in [-0.4, -0.2) is 28.8 Å². The van der Waals surface area contributed by atoms with Crippen LogP contribution in [-0.2, 0) is 4.79 Å². The van der Waals surface area contributed by atoms with Crippen LogP contribution in [0.25, 0.3) is 0 Å². The third kappa shape index (κ3) is 3.14. The number of Topliss-reactive ketones (excluding diaryl/α,β-unsaturated/α-hetero) is 1. The lowest BCUT2D eigenvalue weighted by atomic mass is 9.68. The van der Waals surface area contributed by atoms with Crippen LogP contribution in [0.5, 0.6) is 0 Å². The number of carbonyl (C=O) groups excluding carboxylic acids is 2. The Morgan fingerprint density at radius 1 is 1.41 bits per heavy atom. The van der Waals surface area contributed by atoms with E-state index in [2.05, 4.69) is 5.32 Å². The van der Waals surface area contributed by atoms with Crippen molar-refractivity contribution in [2.75, 3.05) is 5.88 Å². The highest BCUT2D eigenvalue weighted by Crippen LogP contribution is 2.41. The number of halogens is 2. The number of aliphatic hydroxyl groups is 1. The van der Waals surface area contributed by atoms with Crippen LogP contribution in [0.2, 0.25) is 5.02 Å². The van der Waals surface area contributed by atoms with Gasteiger partial charge in [0.05, 0.1) is 17.6 Å². The van der Waals surface area contributed by atoms with Crippen molar-refractivity contribution in [1.82, 2.24) is 5.32 Å². The van der Waals surface area contributed by atoms with Gasteiger partial charge in [-0.3, -0.25) is 9.59 Å². The minimum atomic E-state index is -1.02. The van der Waals surface area contributed by atoms with Gasteiger partial charge in [0.1, 0.15) is 0 Å². The lowest BCUT2D eigenvalue weighted by molar-refractivity contribution is -0.123. The fourth-order valence-electron chi connectivity index (χ4n) is 2.70. The molecule has 0 spiro atoms. The van der Waals surface area contributed by atoms with Crippen LogP contribution in [0.15, 0.2) is 18.2 Å². The molecule has 1 aromatic carbocycles. The second kappa shape index (κ2) is 6.57. The molecule has 0 fully saturated rings. The monoisotopic (exact) mass is 343 g/mol. The summed E-state index contributed by atoms with van der Waals surface area (Å²) in [6.45, 7) is 3.35. The van der Waals surface area contributed by atoms with Gasteiger partial charge in [0, 0.05) is 22.9 Å². The molecular formula is C16H19Cl2NO3. The van der Waals surface area contributed by atoms with E-state index in [1.807, 2.05) is 0 Å². The average molecular weight is 344 g/mol. The number of alkyl halides is 1. The minimum absolute atomic E-state index is 0.155. The van der Waals surface area contributed by atoms with Crippen molar-refractivity contribution in [2.24, 2.45) is 5.41 Å². The molecule has 0 radical (unpaired) electrons. The molecule has 1 aliphatic carbocycles. The summed E-state index contributed by atoms with van der Waals surface area (Å²) in [5.74, 6) is 0.0336. The van der Waals surface area contributed by atoms with Crippen molar-refractivity contribution in [1.29, 1.82) is 0 Å². The first kappa shape index (κ1) is 17.3. The fourth-order valence-corrected chi connectivity index (χ4v) is 3.01. The fraction of sp³-hybridized carbons (Fsp3) is 0.500. The minimum Gasteiger partial charge on any atom is -0.390 e. The zero-order valence-electron chi connectivity index (χ0n) is 12.5. The lowest BCUT2D eigenvalue weighted by Gasteiger charge is -2.41. The van der Waals surface area contributed by atoms with Gasteiger partial charge < -0.3 is 10.4 Å². The lowest BCUT2D eigenvalue weighted by Crippen LogP contribution is -2.51. The van der Waals surface area contributed by atoms with E-state index in [0.29, 0.717) is 28.5 Å². The molecule has 6 heteroatoms. The number of fused-ring (bicyclic) bond motifs is 1. The molecule has 22 heavy (non-hydrogen) atoms. The molecule has 0 unspecified atom stereocenters. The van der Waals surface area contributed by atoms with Crippen LogP contribution in [0.4, 0.5) is 0 Å². The summed E-state index contributed by atoms with van der Waals surface area (Å²) in [5, 5.41) is 13.8. The van der Waals surface area contributed by atoms with E-state index in [-0.39, 0.29) is 18.1 Å². The molecule has 2 rings (SSSR count). The van der Waals surface area contributed by atoms with E-state index in [0.717, 1.165) is 0 Å². The molecule has 2 atom stereocenters. The summed E-state index contributed by atoms with van der Waals surface area (Å²) >= 11 is 11.6. The van der Waals surface area contributed by atoms with Gasteiger partial charge in [0.2, 0.25) is 5.91 Å². The summed E-state index contributed by atoms with van der Waals surface area (Å²) in [4.78, 5) is 24.5. The van der Waals surface area contributed by atoms with Gasteiger partial charge in [-0.05, 0) is 44.0 Å². The van der Waals surface area contributed by atoms with Crippen molar-refractivity contribution in [3.63, 3.8) is 0 Å². The standard InChI is InChI=1S/C16H19Cl2NO3/c1-16(2)14(21)10-6-5-9(18)8-11(10)13(15(16)22)19-12(20)4-3-7-17/h5-6,8,13,15,22H,3-4,7H2,1-2H3,(H,19,20)/t13-,15+/m1/s1. The number of carbonyl (C=O) groups is 2. The van der Waals surface area contributed by atoms with Crippen LogP contribution in [0, 0.1) is 5.41 Å². The first-order valence-corrected chi connectivity index (χ1v) is 8.08. The molecular weight excluding hydrogens is 325 g/mol. The molecule has 120 valence electrons. The summed E-state index contributed by atoms with van der Waals surface area (Å²) < 4.78 is 0. The Hall–Kier alpha value is -1.10. The van der Waals surface area contributed by atoms with Crippen molar-refractivity contribution in [3.05, 3.63) is 34.3 Å². The quantitative estimate of drug-likeness (QED) is 0.825. The van der Waals surface area contributed by atoms with Crippen LogP contribution >= 0.6 is 23.2 Å². The molecule has 1 aromatic rings. The van der Waals surface area contributed by atoms with Crippen molar-refractivity contribution in [3.8, 4) is 0 Å². The van der Waals surface area contributed by atoms with Gasteiger partial charge in [-0.2, -0.15) is 0 Å². The number of rotatable bonds is 4. The topological polar surface area (TPSA) is 66.4 Å². The Labute approximate surface area is 139 Å². The van der Waals surface area contributed by atoms with Crippen molar-refractivity contribution >= 4 is 34.9 Å². The predicted molar refractivity (Wildman–Crippen MR) is 86.4 cm³/mol. The highest BCUT2D eigenvalue weighted by atomic mass is 35.5. The van der Waals surface area contributed by atoms with E-state index in [1.165, 1.54) is 0 Å². The van der Waals surface area contributed by atoms with E-state index in [1.54, 1.807) is 32.0 Å². The van der Waals surface area contributed by atoms with E-state index < -0.39 is 17.6 Å². The SMILES string of the molecule is CC1(C)C(=O)c2ccc(Cl)cc2[C@@H](NC(=O)CCCCl)[C@@H]1O. The van der Waals surface area contributed by atoms with Crippen LogP contribution in [0.3, 0.4) is 0 Å². The molecule has 4 nitrogen and oxygen atoms in total. The maximum absolute atomic E-state index is 12.5. The molecule has 0 aromatic heterocycles. The van der Waals surface area contributed by atoms with Crippen LogP contribution < -0.4 is 5.32 Å². The first-order chi connectivity index (χ1) is 10.3. The second-order valence-corrected chi connectivity index (χ2v) is 6.88. The predicted octanol–water partition coefficient (Wildman–Crippen LogP) is 3.10. The average Bonchev–Trinajstić information content (AvgIpc) is 2.47. The van der Waals surface area contributed by atoms with Gasteiger partial charge in [-0.1, -0.05) is 11.6 Å². The highest BCUT2D eigenvalue weighted by molar-refractivity contribution is 6.30. The maximum atomic E-state index is 12.5. The Bertz CT molecular complexity index is 601. The molecule has 0 saturated carbocycles.